The van der Waals surface area contributed by atoms with Crippen LogP contribution in [0.4, 0.5) is 0 Å². The molecule has 112 valence electrons. The highest BCUT2D eigenvalue weighted by atomic mass is 35.5. The van der Waals surface area contributed by atoms with E-state index in [1.54, 1.807) is 33.0 Å². The number of halogens is 1. The zero-order chi connectivity index (χ0) is 16.0. The van der Waals surface area contributed by atoms with Crippen molar-refractivity contribution < 1.29 is 9.21 Å². The zero-order valence-electron chi connectivity index (χ0n) is 12.2. The van der Waals surface area contributed by atoms with Crippen LogP contribution < -0.4 is 5.76 Å². The standard InChI is InChI=1S/C15H12ClN3O3/c1-7-9(4-5-11-13(7)19(3)15(21)22-11)14(20)10-6-12(16)18-8(2)17-10/h4-6H,1-3H3. The third kappa shape index (κ3) is 2.21. The Labute approximate surface area is 130 Å². The minimum Gasteiger partial charge on any atom is -0.408 e. The van der Waals surface area contributed by atoms with Gasteiger partial charge in [0.05, 0.1) is 5.52 Å². The maximum Gasteiger partial charge on any atom is 0.419 e. The Morgan fingerprint density at radius 1 is 1.27 bits per heavy atom. The number of carbonyl (C=O) groups excluding carboxylic acids is 1. The van der Waals surface area contributed by atoms with Crippen LogP contribution in [0.3, 0.4) is 0 Å². The predicted molar refractivity (Wildman–Crippen MR) is 81.4 cm³/mol. The average Bonchev–Trinajstić information content (AvgIpc) is 2.73. The lowest BCUT2D eigenvalue weighted by Crippen LogP contribution is -2.11. The third-order valence-corrected chi connectivity index (χ3v) is 3.68. The van der Waals surface area contributed by atoms with Crippen LogP contribution in [-0.2, 0) is 7.05 Å². The van der Waals surface area contributed by atoms with Crippen LogP contribution in [0.25, 0.3) is 11.1 Å². The lowest BCUT2D eigenvalue weighted by molar-refractivity contribution is 0.103. The summed E-state index contributed by atoms with van der Waals surface area (Å²) in [4.78, 5) is 32.3. The summed E-state index contributed by atoms with van der Waals surface area (Å²) >= 11 is 5.88. The van der Waals surface area contributed by atoms with E-state index in [1.807, 2.05) is 0 Å². The number of aromatic nitrogens is 3. The van der Waals surface area contributed by atoms with E-state index in [1.165, 1.54) is 10.6 Å². The van der Waals surface area contributed by atoms with Gasteiger partial charge in [-0.3, -0.25) is 9.36 Å². The molecule has 0 unspecified atom stereocenters. The first-order valence-corrected chi connectivity index (χ1v) is 6.91. The summed E-state index contributed by atoms with van der Waals surface area (Å²) in [5, 5.41) is 0.213. The van der Waals surface area contributed by atoms with Crippen molar-refractivity contribution in [1.29, 1.82) is 0 Å². The zero-order valence-corrected chi connectivity index (χ0v) is 12.9. The van der Waals surface area contributed by atoms with E-state index in [0.717, 1.165) is 0 Å². The highest BCUT2D eigenvalue weighted by Gasteiger charge is 2.19. The number of nitrogens with zero attached hydrogens (tertiary/aromatic N) is 3. The number of fused-ring (bicyclic) bond motifs is 1. The van der Waals surface area contributed by atoms with Crippen molar-refractivity contribution in [2.45, 2.75) is 13.8 Å². The van der Waals surface area contributed by atoms with Gasteiger partial charge >= 0.3 is 5.76 Å². The summed E-state index contributed by atoms with van der Waals surface area (Å²) in [6.07, 6.45) is 0. The molecular formula is C15H12ClN3O3. The smallest absolute Gasteiger partial charge is 0.408 e. The minimum atomic E-state index is -0.469. The van der Waals surface area contributed by atoms with Crippen molar-refractivity contribution in [2.75, 3.05) is 0 Å². The Kier molecular flexibility index (Phi) is 3.33. The van der Waals surface area contributed by atoms with Crippen molar-refractivity contribution >= 4 is 28.5 Å². The fourth-order valence-corrected chi connectivity index (χ4v) is 2.69. The number of oxazole rings is 1. The van der Waals surface area contributed by atoms with E-state index in [0.29, 0.717) is 28.1 Å². The molecule has 7 heteroatoms. The Balaban J connectivity index is 2.21. The van der Waals surface area contributed by atoms with Gasteiger partial charge in [0.15, 0.2) is 5.58 Å². The highest BCUT2D eigenvalue weighted by molar-refractivity contribution is 6.29. The van der Waals surface area contributed by atoms with Crippen LogP contribution in [0.5, 0.6) is 0 Å². The van der Waals surface area contributed by atoms with Gasteiger partial charge in [0, 0.05) is 18.7 Å². The van der Waals surface area contributed by atoms with Crippen molar-refractivity contribution in [1.82, 2.24) is 14.5 Å². The fraction of sp³-hybridized carbons (Fsp3) is 0.200. The van der Waals surface area contributed by atoms with Crippen LogP contribution in [-0.4, -0.2) is 20.3 Å². The van der Waals surface area contributed by atoms with Crippen LogP contribution in [0.1, 0.15) is 27.4 Å². The number of ketones is 1. The van der Waals surface area contributed by atoms with E-state index in [-0.39, 0.29) is 16.6 Å². The summed E-state index contributed by atoms with van der Waals surface area (Å²) in [6, 6.07) is 4.65. The van der Waals surface area contributed by atoms with Crippen LogP contribution in [0.2, 0.25) is 5.15 Å². The number of hydrogen-bond donors (Lipinski definition) is 0. The summed E-state index contributed by atoms with van der Waals surface area (Å²) < 4.78 is 6.48. The molecule has 0 fully saturated rings. The molecule has 6 nitrogen and oxygen atoms in total. The van der Waals surface area contributed by atoms with Crippen molar-refractivity contribution in [3.8, 4) is 0 Å². The molecule has 0 saturated carbocycles. The van der Waals surface area contributed by atoms with Crippen molar-refractivity contribution in [3.63, 3.8) is 0 Å². The Hall–Kier alpha value is -2.47. The van der Waals surface area contributed by atoms with Gasteiger partial charge in [-0.2, -0.15) is 0 Å². The quantitative estimate of drug-likeness (QED) is 0.536. The molecule has 1 aromatic carbocycles. The van der Waals surface area contributed by atoms with Crippen LogP contribution in [0, 0.1) is 13.8 Å². The first-order chi connectivity index (χ1) is 10.4. The van der Waals surface area contributed by atoms with Gasteiger partial charge in [0.2, 0.25) is 5.78 Å². The molecule has 0 aliphatic rings. The molecule has 0 amide bonds. The molecule has 0 spiro atoms. The van der Waals surface area contributed by atoms with Crippen LogP contribution in [0.15, 0.2) is 27.4 Å². The SMILES string of the molecule is Cc1nc(Cl)cc(C(=O)c2ccc3oc(=O)n(C)c3c2C)n1. The van der Waals surface area contributed by atoms with Gasteiger partial charge in [-0.1, -0.05) is 11.6 Å². The minimum absolute atomic E-state index is 0.213. The summed E-state index contributed by atoms with van der Waals surface area (Å²) in [5.74, 6) is -0.325. The maximum atomic E-state index is 12.7. The summed E-state index contributed by atoms with van der Waals surface area (Å²) in [7, 11) is 1.60. The number of rotatable bonds is 2. The van der Waals surface area contributed by atoms with Crippen molar-refractivity contribution in [2.24, 2.45) is 7.05 Å². The maximum absolute atomic E-state index is 12.7. The Bertz CT molecular complexity index is 952. The monoisotopic (exact) mass is 317 g/mol. The normalized spacial score (nSPS) is 11.1. The second kappa shape index (κ2) is 5.06. The third-order valence-electron chi connectivity index (χ3n) is 3.48. The molecule has 0 N–H and O–H groups in total. The van der Waals surface area contributed by atoms with Gasteiger partial charge in [0.25, 0.3) is 0 Å². The molecule has 0 bridgehead atoms. The molecule has 2 aromatic heterocycles. The molecular weight excluding hydrogens is 306 g/mol. The van der Waals surface area contributed by atoms with E-state index >= 15 is 0 Å². The predicted octanol–water partition coefficient (Wildman–Crippen LogP) is 2.42. The van der Waals surface area contributed by atoms with Crippen molar-refractivity contribution in [3.05, 3.63) is 56.5 Å². The van der Waals surface area contributed by atoms with Gasteiger partial charge in [0.1, 0.15) is 16.7 Å². The first-order valence-electron chi connectivity index (χ1n) is 6.53. The number of hydrogen-bond acceptors (Lipinski definition) is 5. The molecule has 0 atom stereocenters. The van der Waals surface area contributed by atoms with E-state index < -0.39 is 5.76 Å². The molecule has 2 heterocycles. The Morgan fingerprint density at radius 2 is 2.00 bits per heavy atom. The number of aryl methyl sites for hydroxylation is 3. The molecule has 3 aromatic rings. The molecule has 22 heavy (non-hydrogen) atoms. The van der Waals surface area contributed by atoms with Gasteiger partial charge in [-0.05, 0) is 31.5 Å². The lowest BCUT2D eigenvalue weighted by Gasteiger charge is -2.07. The lowest BCUT2D eigenvalue weighted by atomic mass is 10.0. The van der Waals surface area contributed by atoms with Crippen LogP contribution >= 0.6 is 11.6 Å². The Morgan fingerprint density at radius 3 is 2.68 bits per heavy atom. The second-order valence-electron chi connectivity index (χ2n) is 4.96. The first kappa shape index (κ1) is 14.5. The second-order valence-corrected chi connectivity index (χ2v) is 5.35. The molecule has 0 radical (unpaired) electrons. The van der Waals surface area contributed by atoms with E-state index in [4.69, 9.17) is 16.0 Å². The molecule has 3 rings (SSSR count). The largest absolute Gasteiger partial charge is 0.419 e. The number of benzene rings is 1. The number of carbonyl (C=O) groups is 1. The molecule has 0 aliphatic carbocycles. The molecule has 0 saturated heterocycles. The summed E-state index contributed by atoms with van der Waals surface area (Å²) in [6.45, 7) is 3.43. The van der Waals surface area contributed by atoms with Gasteiger partial charge in [-0.15, -0.1) is 0 Å². The summed E-state index contributed by atoms with van der Waals surface area (Å²) in [5.41, 5.74) is 2.35. The topological polar surface area (TPSA) is 78.0 Å². The highest BCUT2D eigenvalue weighted by Crippen LogP contribution is 2.23. The van der Waals surface area contributed by atoms with Gasteiger partial charge < -0.3 is 4.42 Å². The van der Waals surface area contributed by atoms with E-state index in [9.17, 15) is 9.59 Å². The fourth-order valence-electron chi connectivity index (χ4n) is 2.46. The molecule has 0 aliphatic heterocycles. The van der Waals surface area contributed by atoms with Gasteiger partial charge in [-0.25, -0.2) is 14.8 Å². The average molecular weight is 318 g/mol. The van der Waals surface area contributed by atoms with E-state index in [2.05, 4.69) is 9.97 Å².